The Morgan fingerprint density at radius 1 is 1.29 bits per heavy atom. The Morgan fingerprint density at radius 2 is 1.94 bits per heavy atom. The molecule has 0 saturated heterocycles. The molecule has 1 heterocycles. The molecule has 0 fully saturated rings. The lowest BCUT2D eigenvalue weighted by atomic mass is 10.1. The molecule has 88 valence electrons. The van der Waals surface area contributed by atoms with Crippen LogP contribution in [0.3, 0.4) is 0 Å². The van der Waals surface area contributed by atoms with Crippen LogP contribution in [-0.2, 0) is 0 Å². The quantitative estimate of drug-likeness (QED) is 0.491. The van der Waals surface area contributed by atoms with Crippen molar-refractivity contribution in [3.05, 3.63) is 38.7 Å². The number of nitro benzene ring substituents is 1. The summed E-state index contributed by atoms with van der Waals surface area (Å²) in [5, 5.41) is 15.5. The fourth-order valence-corrected chi connectivity index (χ4v) is 1.42. The highest BCUT2D eigenvalue weighted by Crippen LogP contribution is 2.29. The molecule has 0 spiro atoms. The Balaban J connectivity index is 2.71. The summed E-state index contributed by atoms with van der Waals surface area (Å²) >= 11 is 4.66. The van der Waals surface area contributed by atoms with E-state index in [0.717, 1.165) is 0 Å². The van der Waals surface area contributed by atoms with Crippen molar-refractivity contribution in [3.63, 3.8) is 0 Å². The molecule has 2 N–H and O–H groups in total. The highest BCUT2D eigenvalue weighted by atomic mass is 32.1. The topological polar surface area (TPSA) is 87.6 Å². The average Bonchev–Trinajstić information content (AvgIpc) is 2.68. The first-order valence-electron chi connectivity index (χ1n) is 4.27. The van der Waals surface area contributed by atoms with Gasteiger partial charge in [-0.05, 0) is 18.3 Å². The molecular weight excluding hydrogens is 254 g/mol. The molecule has 0 bridgehead atoms. The summed E-state index contributed by atoms with van der Waals surface area (Å²) in [6, 6.07) is 1.19. The highest BCUT2D eigenvalue weighted by Gasteiger charge is 2.21. The van der Waals surface area contributed by atoms with Crippen molar-refractivity contribution in [2.24, 2.45) is 0 Å². The van der Waals surface area contributed by atoms with Gasteiger partial charge in [-0.1, -0.05) is 0 Å². The smallest absolute Gasteiger partial charge is 0.281 e. The summed E-state index contributed by atoms with van der Waals surface area (Å²) in [4.78, 5) is 13.6. The van der Waals surface area contributed by atoms with Gasteiger partial charge in [0.15, 0.2) is 17.5 Å². The van der Waals surface area contributed by atoms with Gasteiger partial charge in [-0.3, -0.25) is 20.3 Å². The van der Waals surface area contributed by atoms with Crippen molar-refractivity contribution in [1.82, 2.24) is 15.2 Å². The van der Waals surface area contributed by atoms with Crippen molar-refractivity contribution in [2.45, 2.75) is 0 Å². The van der Waals surface area contributed by atoms with E-state index in [4.69, 9.17) is 0 Å². The summed E-state index contributed by atoms with van der Waals surface area (Å²) < 4.78 is 26.0. The monoisotopic (exact) mass is 258 g/mol. The first kappa shape index (κ1) is 11.3. The second-order valence-corrected chi connectivity index (χ2v) is 3.44. The van der Waals surface area contributed by atoms with Gasteiger partial charge in [-0.15, -0.1) is 0 Å². The Labute approximate surface area is 97.4 Å². The van der Waals surface area contributed by atoms with E-state index in [0.29, 0.717) is 12.1 Å². The minimum absolute atomic E-state index is 0.0272. The second kappa shape index (κ2) is 4.01. The minimum Gasteiger partial charge on any atom is -0.281 e. The van der Waals surface area contributed by atoms with Crippen LogP contribution in [0, 0.1) is 26.5 Å². The van der Waals surface area contributed by atoms with E-state index in [9.17, 15) is 18.9 Å². The van der Waals surface area contributed by atoms with Gasteiger partial charge in [-0.25, -0.2) is 8.78 Å². The molecule has 0 amide bonds. The number of aromatic amines is 2. The number of aromatic nitrogens is 3. The fraction of sp³-hybridized carbons (Fsp3) is 0. The first-order chi connectivity index (χ1) is 7.99. The number of benzene rings is 1. The van der Waals surface area contributed by atoms with Crippen LogP contribution in [0.15, 0.2) is 12.1 Å². The summed E-state index contributed by atoms with van der Waals surface area (Å²) in [6.07, 6.45) is 0. The highest BCUT2D eigenvalue weighted by molar-refractivity contribution is 7.71. The van der Waals surface area contributed by atoms with E-state index in [1.54, 1.807) is 0 Å². The molecule has 0 aliphatic heterocycles. The van der Waals surface area contributed by atoms with Gasteiger partial charge in [0, 0.05) is 0 Å². The zero-order chi connectivity index (χ0) is 12.6. The zero-order valence-electron chi connectivity index (χ0n) is 8.03. The zero-order valence-corrected chi connectivity index (χ0v) is 8.85. The molecule has 1 aromatic heterocycles. The van der Waals surface area contributed by atoms with Crippen molar-refractivity contribution in [3.8, 4) is 11.4 Å². The van der Waals surface area contributed by atoms with Gasteiger partial charge in [0.25, 0.3) is 5.69 Å². The van der Waals surface area contributed by atoms with Gasteiger partial charge in [0.05, 0.1) is 16.6 Å². The number of H-pyrrole nitrogens is 2. The fourth-order valence-electron chi connectivity index (χ4n) is 1.27. The van der Waals surface area contributed by atoms with E-state index >= 15 is 0 Å². The van der Waals surface area contributed by atoms with Crippen molar-refractivity contribution < 1.29 is 13.7 Å². The number of halogens is 2. The van der Waals surface area contributed by atoms with Gasteiger partial charge >= 0.3 is 0 Å². The third-order valence-electron chi connectivity index (χ3n) is 1.99. The maximum absolute atomic E-state index is 13.0. The normalized spacial score (nSPS) is 10.5. The number of rotatable bonds is 2. The van der Waals surface area contributed by atoms with Gasteiger partial charge < -0.3 is 0 Å². The van der Waals surface area contributed by atoms with Gasteiger partial charge in [0.2, 0.25) is 4.77 Å². The molecule has 6 nitrogen and oxygen atoms in total. The predicted molar refractivity (Wildman–Crippen MR) is 55.8 cm³/mol. The molecule has 0 atom stereocenters. The summed E-state index contributed by atoms with van der Waals surface area (Å²) in [7, 11) is 0. The maximum Gasteiger partial charge on any atom is 0.283 e. The summed E-state index contributed by atoms with van der Waals surface area (Å²) in [5.41, 5.74) is -0.775. The molecule has 0 saturated carbocycles. The molecule has 17 heavy (non-hydrogen) atoms. The molecule has 9 heteroatoms. The Bertz CT molecular complexity index is 651. The third kappa shape index (κ3) is 2.04. The van der Waals surface area contributed by atoms with Crippen LogP contribution in [0.5, 0.6) is 0 Å². The Hall–Kier alpha value is -2.16. The van der Waals surface area contributed by atoms with E-state index in [1.165, 1.54) is 0 Å². The van der Waals surface area contributed by atoms with Crippen LogP contribution < -0.4 is 0 Å². The lowest BCUT2D eigenvalue weighted by Gasteiger charge is -2.00. The first-order valence-corrected chi connectivity index (χ1v) is 4.68. The Morgan fingerprint density at radius 3 is 2.47 bits per heavy atom. The van der Waals surface area contributed by atoms with Gasteiger partial charge in [0.1, 0.15) is 0 Å². The van der Waals surface area contributed by atoms with E-state index < -0.39 is 22.2 Å². The van der Waals surface area contributed by atoms with Crippen molar-refractivity contribution in [1.29, 1.82) is 0 Å². The Kier molecular flexibility index (Phi) is 2.68. The molecule has 0 radical (unpaired) electrons. The number of hydrogen-bond acceptors (Lipinski definition) is 4. The van der Waals surface area contributed by atoms with Crippen molar-refractivity contribution >= 4 is 17.9 Å². The molecule has 1 aromatic carbocycles. The average molecular weight is 258 g/mol. The van der Waals surface area contributed by atoms with Crippen LogP contribution in [-0.4, -0.2) is 20.1 Å². The predicted octanol–water partition coefficient (Wildman–Crippen LogP) is 2.32. The van der Waals surface area contributed by atoms with Crippen LogP contribution in [0.2, 0.25) is 0 Å². The second-order valence-electron chi connectivity index (χ2n) is 3.06. The van der Waals surface area contributed by atoms with E-state index in [-0.39, 0.29) is 16.2 Å². The number of hydrogen-bond donors (Lipinski definition) is 2. The minimum atomic E-state index is -1.30. The molecule has 0 aliphatic rings. The molecule has 2 aromatic rings. The van der Waals surface area contributed by atoms with Crippen LogP contribution >= 0.6 is 12.2 Å². The number of nitro groups is 1. The van der Waals surface area contributed by atoms with Crippen LogP contribution in [0.4, 0.5) is 14.5 Å². The van der Waals surface area contributed by atoms with E-state index in [2.05, 4.69) is 27.4 Å². The molecule has 0 aliphatic carbocycles. The van der Waals surface area contributed by atoms with Crippen molar-refractivity contribution in [2.75, 3.05) is 0 Å². The molecular formula is C8H4F2N4O2S. The lowest BCUT2D eigenvalue weighted by molar-refractivity contribution is -0.384. The third-order valence-corrected chi connectivity index (χ3v) is 2.18. The summed E-state index contributed by atoms with van der Waals surface area (Å²) in [5.74, 6) is -2.52. The number of nitrogens with zero attached hydrogens (tertiary/aromatic N) is 2. The van der Waals surface area contributed by atoms with Crippen LogP contribution in [0.25, 0.3) is 11.4 Å². The lowest BCUT2D eigenvalue weighted by Crippen LogP contribution is -1.97. The molecule has 0 unspecified atom stereocenters. The molecule has 2 rings (SSSR count). The van der Waals surface area contributed by atoms with Crippen LogP contribution in [0.1, 0.15) is 0 Å². The SMILES string of the molecule is O=[N+]([O-])c1cc(F)c(F)cc1-c1nc(=S)[nH][nH]1. The number of nitrogens with one attached hydrogen (secondary N) is 2. The summed E-state index contributed by atoms with van der Waals surface area (Å²) in [6.45, 7) is 0. The maximum atomic E-state index is 13.0. The van der Waals surface area contributed by atoms with E-state index in [1.807, 2.05) is 0 Å². The standard InChI is InChI=1S/C8H4F2N4O2S/c9-4-1-3(7-11-8(17)13-12-7)6(14(15)16)2-5(4)10/h1-2H,(H2,11,12,13,17). The van der Waals surface area contributed by atoms with Gasteiger partial charge in [-0.2, -0.15) is 4.98 Å². The largest absolute Gasteiger partial charge is 0.283 e.